The SMILES string of the molecule is CCCCOC(=O)CC1CNCCN1. The molecular formula is C10H20N2O2. The Bertz CT molecular complexity index is 168. The second kappa shape index (κ2) is 6.79. The highest BCUT2D eigenvalue weighted by Crippen LogP contribution is 1.98. The van der Waals surface area contributed by atoms with Gasteiger partial charge in [-0.15, -0.1) is 0 Å². The maximum absolute atomic E-state index is 11.3. The number of nitrogens with one attached hydrogen (secondary N) is 2. The van der Waals surface area contributed by atoms with Gasteiger partial charge in [-0.1, -0.05) is 13.3 Å². The standard InChI is InChI=1S/C10H20N2O2/c1-2-3-6-14-10(13)7-9-8-11-4-5-12-9/h9,11-12H,2-8H2,1H3. The molecule has 0 bridgehead atoms. The lowest BCUT2D eigenvalue weighted by molar-refractivity contribution is -0.144. The molecule has 1 unspecified atom stereocenters. The monoisotopic (exact) mass is 200 g/mol. The smallest absolute Gasteiger partial charge is 0.307 e. The number of hydrogen-bond acceptors (Lipinski definition) is 4. The fraction of sp³-hybridized carbons (Fsp3) is 0.900. The summed E-state index contributed by atoms with van der Waals surface area (Å²) in [5.74, 6) is -0.0837. The van der Waals surface area contributed by atoms with Crippen LogP contribution in [0.25, 0.3) is 0 Å². The third-order valence-electron chi connectivity index (χ3n) is 2.30. The van der Waals surface area contributed by atoms with E-state index < -0.39 is 0 Å². The molecule has 0 radical (unpaired) electrons. The molecule has 14 heavy (non-hydrogen) atoms. The van der Waals surface area contributed by atoms with E-state index in [4.69, 9.17) is 4.74 Å². The van der Waals surface area contributed by atoms with Crippen molar-refractivity contribution in [3.63, 3.8) is 0 Å². The summed E-state index contributed by atoms with van der Waals surface area (Å²) in [7, 11) is 0. The van der Waals surface area contributed by atoms with Crippen LogP contribution in [0.3, 0.4) is 0 Å². The summed E-state index contributed by atoms with van der Waals surface area (Å²) in [6.07, 6.45) is 2.51. The minimum Gasteiger partial charge on any atom is -0.466 e. The Kier molecular flexibility index (Phi) is 5.56. The van der Waals surface area contributed by atoms with Crippen LogP contribution in [0, 0.1) is 0 Å². The van der Waals surface area contributed by atoms with Crippen molar-refractivity contribution in [3.8, 4) is 0 Å². The van der Waals surface area contributed by atoms with E-state index in [-0.39, 0.29) is 12.0 Å². The summed E-state index contributed by atoms with van der Waals surface area (Å²) in [5, 5.41) is 6.51. The van der Waals surface area contributed by atoms with Crippen LogP contribution in [0.2, 0.25) is 0 Å². The summed E-state index contributed by atoms with van der Waals surface area (Å²) >= 11 is 0. The largest absolute Gasteiger partial charge is 0.466 e. The average molecular weight is 200 g/mol. The van der Waals surface area contributed by atoms with Crippen LogP contribution in [-0.4, -0.2) is 38.3 Å². The van der Waals surface area contributed by atoms with Crippen molar-refractivity contribution in [2.24, 2.45) is 0 Å². The van der Waals surface area contributed by atoms with E-state index in [0.29, 0.717) is 13.0 Å². The Hall–Kier alpha value is -0.610. The van der Waals surface area contributed by atoms with Crippen molar-refractivity contribution < 1.29 is 9.53 Å². The molecule has 4 heteroatoms. The molecule has 1 rings (SSSR count). The van der Waals surface area contributed by atoms with E-state index in [9.17, 15) is 4.79 Å². The number of rotatable bonds is 5. The topological polar surface area (TPSA) is 50.4 Å². The fourth-order valence-corrected chi connectivity index (χ4v) is 1.45. The van der Waals surface area contributed by atoms with Crippen LogP contribution >= 0.6 is 0 Å². The average Bonchev–Trinajstić information content (AvgIpc) is 2.20. The summed E-state index contributed by atoms with van der Waals surface area (Å²) in [4.78, 5) is 11.3. The van der Waals surface area contributed by atoms with Crippen molar-refractivity contribution in [1.29, 1.82) is 0 Å². The van der Waals surface area contributed by atoms with Crippen molar-refractivity contribution in [2.75, 3.05) is 26.2 Å². The normalized spacial score (nSPS) is 21.9. The van der Waals surface area contributed by atoms with Gasteiger partial charge in [0.2, 0.25) is 0 Å². The molecule has 1 aliphatic rings. The van der Waals surface area contributed by atoms with Gasteiger partial charge < -0.3 is 15.4 Å². The minimum absolute atomic E-state index is 0.0837. The van der Waals surface area contributed by atoms with Gasteiger partial charge >= 0.3 is 5.97 Å². The lowest BCUT2D eigenvalue weighted by Crippen LogP contribution is -2.49. The molecule has 1 saturated heterocycles. The lowest BCUT2D eigenvalue weighted by Gasteiger charge is -2.23. The Morgan fingerprint density at radius 3 is 3.00 bits per heavy atom. The summed E-state index contributed by atoms with van der Waals surface area (Å²) in [6, 6.07) is 0.248. The van der Waals surface area contributed by atoms with Gasteiger partial charge in [0.15, 0.2) is 0 Å². The van der Waals surface area contributed by atoms with Crippen LogP contribution in [0.4, 0.5) is 0 Å². The molecule has 0 amide bonds. The van der Waals surface area contributed by atoms with Crippen LogP contribution in [-0.2, 0) is 9.53 Å². The van der Waals surface area contributed by atoms with Gasteiger partial charge in [-0.05, 0) is 6.42 Å². The maximum Gasteiger partial charge on any atom is 0.307 e. The second-order valence-corrected chi connectivity index (χ2v) is 3.63. The van der Waals surface area contributed by atoms with Gasteiger partial charge in [-0.2, -0.15) is 0 Å². The van der Waals surface area contributed by atoms with Crippen LogP contribution in [0.1, 0.15) is 26.2 Å². The molecule has 2 N–H and O–H groups in total. The Labute approximate surface area is 85.4 Å². The van der Waals surface area contributed by atoms with Gasteiger partial charge in [0.05, 0.1) is 13.0 Å². The molecule has 0 aromatic carbocycles. The van der Waals surface area contributed by atoms with Crippen LogP contribution in [0.15, 0.2) is 0 Å². The molecule has 1 fully saturated rings. The maximum atomic E-state index is 11.3. The number of unbranched alkanes of at least 4 members (excludes halogenated alkanes) is 1. The first kappa shape index (κ1) is 11.5. The lowest BCUT2D eigenvalue weighted by atomic mass is 10.2. The van der Waals surface area contributed by atoms with Gasteiger partial charge in [0.25, 0.3) is 0 Å². The van der Waals surface area contributed by atoms with Crippen LogP contribution in [0.5, 0.6) is 0 Å². The van der Waals surface area contributed by atoms with E-state index in [1.54, 1.807) is 0 Å². The zero-order valence-electron chi connectivity index (χ0n) is 8.84. The third kappa shape index (κ3) is 4.58. The van der Waals surface area contributed by atoms with Crippen molar-refractivity contribution in [2.45, 2.75) is 32.2 Å². The summed E-state index contributed by atoms with van der Waals surface area (Å²) in [6.45, 7) is 5.44. The molecule has 0 saturated carbocycles. The fourth-order valence-electron chi connectivity index (χ4n) is 1.45. The number of hydrogen-bond donors (Lipinski definition) is 2. The highest BCUT2D eigenvalue weighted by Gasteiger charge is 2.16. The first-order valence-electron chi connectivity index (χ1n) is 5.42. The molecule has 0 aromatic rings. The van der Waals surface area contributed by atoms with Crippen molar-refractivity contribution >= 4 is 5.97 Å². The summed E-state index contributed by atoms with van der Waals surface area (Å²) in [5.41, 5.74) is 0. The molecule has 1 atom stereocenters. The molecule has 0 spiro atoms. The van der Waals surface area contributed by atoms with Crippen LogP contribution < -0.4 is 10.6 Å². The highest BCUT2D eigenvalue weighted by atomic mass is 16.5. The Balaban J connectivity index is 2.06. The van der Waals surface area contributed by atoms with Gasteiger partial charge in [0.1, 0.15) is 0 Å². The van der Waals surface area contributed by atoms with E-state index in [0.717, 1.165) is 32.5 Å². The molecule has 0 aromatic heterocycles. The van der Waals surface area contributed by atoms with Gasteiger partial charge in [-0.3, -0.25) is 4.79 Å². The third-order valence-corrected chi connectivity index (χ3v) is 2.30. The summed E-state index contributed by atoms with van der Waals surface area (Å²) < 4.78 is 5.08. The van der Waals surface area contributed by atoms with Crippen molar-refractivity contribution in [3.05, 3.63) is 0 Å². The number of carbonyl (C=O) groups excluding carboxylic acids is 1. The molecular weight excluding hydrogens is 180 g/mol. The molecule has 82 valence electrons. The van der Waals surface area contributed by atoms with Crippen molar-refractivity contribution in [1.82, 2.24) is 10.6 Å². The number of piperazine rings is 1. The molecule has 4 nitrogen and oxygen atoms in total. The van der Waals surface area contributed by atoms with E-state index in [2.05, 4.69) is 17.6 Å². The van der Waals surface area contributed by atoms with Gasteiger partial charge in [-0.25, -0.2) is 0 Å². The number of esters is 1. The molecule has 0 aliphatic carbocycles. The minimum atomic E-state index is -0.0837. The van der Waals surface area contributed by atoms with Gasteiger partial charge in [0, 0.05) is 25.7 Å². The van der Waals surface area contributed by atoms with E-state index in [1.807, 2.05) is 0 Å². The quantitative estimate of drug-likeness (QED) is 0.494. The zero-order valence-corrected chi connectivity index (χ0v) is 8.84. The van der Waals surface area contributed by atoms with E-state index in [1.165, 1.54) is 0 Å². The first-order chi connectivity index (χ1) is 6.83. The predicted octanol–water partition coefficient (Wildman–Crippen LogP) is 0.281. The highest BCUT2D eigenvalue weighted by molar-refractivity contribution is 5.70. The first-order valence-corrected chi connectivity index (χ1v) is 5.42. The molecule has 1 aliphatic heterocycles. The Morgan fingerprint density at radius 1 is 1.50 bits per heavy atom. The molecule has 1 heterocycles. The number of carbonyl (C=O) groups is 1. The Morgan fingerprint density at radius 2 is 2.36 bits per heavy atom. The van der Waals surface area contributed by atoms with E-state index >= 15 is 0 Å². The number of ether oxygens (including phenoxy) is 1. The zero-order chi connectivity index (χ0) is 10.2. The predicted molar refractivity (Wildman–Crippen MR) is 55.1 cm³/mol. The second-order valence-electron chi connectivity index (χ2n) is 3.63.